The van der Waals surface area contributed by atoms with E-state index in [0.717, 1.165) is 37.5 Å². The summed E-state index contributed by atoms with van der Waals surface area (Å²) >= 11 is 1.59. The Labute approximate surface area is 111 Å². The van der Waals surface area contributed by atoms with Gasteiger partial charge in [0.1, 0.15) is 0 Å². The van der Waals surface area contributed by atoms with Crippen LogP contribution < -0.4 is 0 Å². The van der Waals surface area contributed by atoms with E-state index in [1.165, 1.54) is 4.88 Å². The number of amides is 1. The first kappa shape index (κ1) is 13.1. The minimum absolute atomic E-state index is 0.135. The Bertz CT molecular complexity index is 455. The lowest BCUT2D eigenvalue weighted by Gasteiger charge is -2.33. The quantitative estimate of drug-likeness (QED) is 0.778. The highest BCUT2D eigenvalue weighted by atomic mass is 32.1. The highest BCUT2D eigenvalue weighted by molar-refractivity contribution is 7.14. The molecule has 1 aliphatic heterocycles. The number of aryl methyl sites for hydroxylation is 1. The molecule has 0 aromatic carbocycles. The van der Waals surface area contributed by atoms with Gasteiger partial charge in [0.05, 0.1) is 17.5 Å². The predicted octanol–water partition coefficient (Wildman–Crippen LogP) is 1.59. The topological polar surface area (TPSA) is 47.3 Å². The van der Waals surface area contributed by atoms with Gasteiger partial charge in [0.25, 0.3) is 5.91 Å². The van der Waals surface area contributed by atoms with Crippen molar-refractivity contribution >= 4 is 17.2 Å². The Morgan fingerprint density at radius 3 is 2.67 bits per heavy atom. The van der Waals surface area contributed by atoms with E-state index >= 15 is 0 Å². The van der Waals surface area contributed by atoms with E-state index < -0.39 is 0 Å². The lowest BCUT2D eigenvalue weighted by atomic mass is 10.3. The molecular weight excluding hydrogens is 246 g/mol. The fourth-order valence-corrected chi connectivity index (χ4v) is 2.96. The van der Waals surface area contributed by atoms with E-state index in [0.29, 0.717) is 6.54 Å². The molecule has 0 unspecified atom stereocenters. The largest absolute Gasteiger partial charge is 0.335 e. The molecule has 1 amide bonds. The smallest absolute Gasteiger partial charge is 0.264 e. The molecule has 0 bridgehead atoms. The summed E-state index contributed by atoms with van der Waals surface area (Å²) in [7, 11) is 0. The molecule has 0 N–H and O–H groups in total. The third kappa shape index (κ3) is 2.89. The zero-order valence-corrected chi connectivity index (χ0v) is 11.4. The van der Waals surface area contributed by atoms with Crippen LogP contribution in [-0.4, -0.2) is 48.4 Å². The second-order valence-electron chi connectivity index (χ2n) is 4.35. The molecule has 2 heterocycles. The van der Waals surface area contributed by atoms with Crippen molar-refractivity contribution in [1.29, 1.82) is 5.26 Å². The summed E-state index contributed by atoms with van der Waals surface area (Å²) in [6, 6.07) is 6.10. The number of thiophene rings is 1. The van der Waals surface area contributed by atoms with Gasteiger partial charge in [0.15, 0.2) is 0 Å². The highest BCUT2D eigenvalue weighted by Gasteiger charge is 2.22. The van der Waals surface area contributed by atoms with Gasteiger partial charge in [-0.15, -0.1) is 11.3 Å². The van der Waals surface area contributed by atoms with Crippen LogP contribution in [0.2, 0.25) is 0 Å². The number of hydrogen-bond donors (Lipinski definition) is 0. The van der Waals surface area contributed by atoms with Gasteiger partial charge in [-0.2, -0.15) is 5.26 Å². The Kier molecular flexibility index (Phi) is 4.34. The van der Waals surface area contributed by atoms with Gasteiger partial charge in [0.2, 0.25) is 0 Å². The minimum Gasteiger partial charge on any atom is -0.335 e. The molecule has 2 rings (SSSR count). The predicted molar refractivity (Wildman–Crippen MR) is 71.7 cm³/mol. The number of nitriles is 1. The van der Waals surface area contributed by atoms with Crippen LogP contribution in [0.1, 0.15) is 21.5 Å². The molecule has 0 radical (unpaired) electrons. The Morgan fingerprint density at radius 1 is 1.39 bits per heavy atom. The van der Waals surface area contributed by atoms with E-state index in [-0.39, 0.29) is 5.91 Å². The lowest BCUT2D eigenvalue weighted by molar-refractivity contribution is 0.0656. The maximum absolute atomic E-state index is 12.2. The van der Waals surface area contributed by atoms with Gasteiger partial charge < -0.3 is 4.90 Å². The van der Waals surface area contributed by atoms with Crippen LogP contribution in [0.4, 0.5) is 0 Å². The van der Waals surface area contributed by atoms with Crippen molar-refractivity contribution in [2.45, 2.75) is 13.3 Å². The Hall–Kier alpha value is -1.38. The summed E-state index contributed by atoms with van der Waals surface area (Å²) < 4.78 is 0. The third-order valence-corrected chi connectivity index (χ3v) is 4.39. The van der Waals surface area contributed by atoms with Crippen molar-refractivity contribution in [3.05, 3.63) is 21.9 Å². The third-order valence-electron chi connectivity index (χ3n) is 3.17. The number of carbonyl (C=O) groups is 1. The summed E-state index contributed by atoms with van der Waals surface area (Å²) in [5.41, 5.74) is 0. The number of piperazine rings is 1. The Morgan fingerprint density at radius 2 is 2.11 bits per heavy atom. The summed E-state index contributed by atoms with van der Waals surface area (Å²) in [4.78, 5) is 18.3. The zero-order valence-electron chi connectivity index (χ0n) is 10.6. The highest BCUT2D eigenvalue weighted by Crippen LogP contribution is 2.19. The van der Waals surface area contributed by atoms with Gasteiger partial charge in [0, 0.05) is 31.1 Å². The molecule has 4 nitrogen and oxygen atoms in total. The molecular formula is C13H17N3OS. The maximum Gasteiger partial charge on any atom is 0.264 e. The normalized spacial score (nSPS) is 16.6. The monoisotopic (exact) mass is 263 g/mol. The van der Waals surface area contributed by atoms with Gasteiger partial charge in [-0.3, -0.25) is 9.69 Å². The first-order valence-electron chi connectivity index (χ1n) is 6.22. The van der Waals surface area contributed by atoms with Crippen LogP contribution in [0.15, 0.2) is 12.1 Å². The van der Waals surface area contributed by atoms with Crippen LogP contribution in [0, 0.1) is 11.3 Å². The summed E-state index contributed by atoms with van der Waals surface area (Å²) in [6.45, 7) is 5.60. The van der Waals surface area contributed by atoms with Crippen LogP contribution in [0.3, 0.4) is 0 Å². The van der Waals surface area contributed by atoms with Crippen molar-refractivity contribution in [2.75, 3.05) is 32.7 Å². The van der Waals surface area contributed by atoms with E-state index in [1.807, 2.05) is 17.0 Å². The maximum atomic E-state index is 12.2. The minimum atomic E-state index is 0.135. The first-order chi connectivity index (χ1) is 8.74. The lowest BCUT2D eigenvalue weighted by Crippen LogP contribution is -2.48. The summed E-state index contributed by atoms with van der Waals surface area (Å²) in [6.07, 6.45) is 0.980. The second kappa shape index (κ2) is 5.98. The molecule has 1 aromatic rings. The van der Waals surface area contributed by atoms with Crippen molar-refractivity contribution < 1.29 is 4.79 Å². The molecule has 0 spiro atoms. The molecule has 0 saturated carbocycles. The molecule has 18 heavy (non-hydrogen) atoms. The SMILES string of the molecule is CCc1ccc(C(=O)N2CCN(CC#N)CC2)s1. The summed E-state index contributed by atoms with van der Waals surface area (Å²) in [5.74, 6) is 0.135. The Balaban J connectivity index is 1.93. The first-order valence-corrected chi connectivity index (χ1v) is 7.03. The van der Waals surface area contributed by atoms with Gasteiger partial charge in [-0.25, -0.2) is 0 Å². The number of nitrogens with zero attached hydrogens (tertiary/aromatic N) is 3. The van der Waals surface area contributed by atoms with Crippen LogP contribution >= 0.6 is 11.3 Å². The van der Waals surface area contributed by atoms with E-state index in [9.17, 15) is 4.79 Å². The van der Waals surface area contributed by atoms with E-state index in [1.54, 1.807) is 11.3 Å². The average Bonchev–Trinajstić information content (AvgIpc) is 2.88. The fourth-order valence-electron chi connectivity index (χ4n) is 2.05. The second-order valence-corrected chi connectivity index (χ2v) is 5.51. The van der Waals surface area contributed by atoms with Crippen molar-refractivity contribution in [2.24, 2.45) is 0 Å². The molecule has 1 saturated heterocycles. The average molecular weight is 263 g/mol. The standard InChI is InChI=1S/C13H17N3OS/c1-2-11-3-4-12(18-11)13(17)16-9-7-15(6-5-14)8-10-16/h3-4H,2,6-10H2,1H3. The summed E-state index contributed by atoms with van der Waals surface area (Å²) in [5, 5.41) is 8.63. The molecule has 1 aliphatic rings. The molecule has 1 aromatic heterocycles. The number of carbonyl (C=O) groups excluding carboxylic acids is 1. The van der Waals surface area contributed by atoms with Crippen molar-refractivity contribution in [1.82, 2.24) is 9.80 Å². The molecule has 96 valence electrons. The fraction of sp³-hybridized carbons (Fsp3) is 0.538. The van der Waals surface area contributed by atoms with Crippen LogP contribution in [0.5, 0.6) is 0 Å². The van der Waals surface area contributed by atoms with Gasteiger partial charge in [-0.1, -0.05) is 6.92 Å². The number of rotatable bonds is 3. The van der Waals surface area contributed by atoms with E-state index in [2.05, 4.69) is 17.9 Å². The molecule has 0 aliphatic carbocycles. The van der Waals surface area contributed by atoms with Crippen LogP contribution in [0.25, 0.3) is 0 Å². The van der Waals surface area contributed by atoms with Crippen molar-refractivity contribution in [3.8, 4) is 6.07 Å². The van der Waals surface area contributed by atoms with Crippen LogP contribution in [-0.2, 0) is 6.42 Å². The molecule has 0 atom stereocenters. The van der Waals surface area contributed by atoms with E-state index in [4.69, 9.17) is 5.26 Å². The van der Waals surface area contributed by atoms with Crippen molar-refractivity contribution in [3.63, 3.8) is 0 Å². The molecule has 5 heteroatoms. The number of hydrogen-bond acceptors (Lipinski definition) is 4. The zero-order chi connectivity index (χ0) is 13.0. The van der Waals surface area contributed by atoms with Gasteiger partial charge >= 0.3 is 0 Å². The molecule has 1 fully saturated rings. The van der Waals surface area contributed by atoms with Gasteiger partial charge in [-0.05, 0) is 18.6 Å².